The highest BCUT2D eigenvalue weighted by molar-refractivity contribution is 8.15. The number of carbonyl (C=O) groups is 1. The Morgan fingerprint density at radius 2 is 1.89 bits per heavy atom. The molecule has 2 aromatic carbocycles. The number of amides is 1. The zero-order chi connectivity index (χ0) is 20.3. The van der Waals surface area contributed by atoms with Crippen molar-refractivity contribution >= 4 is 28.5 Å². The highest BCUT2D eigenvalue weighted by Gasteiger charge is 2.33. The molecule has 1 saturated heterocycles. The Morgan fingerprint density at radius 3 is 2.57 bits per heavy atom. The number of amidine groups is 1. The molecule has 1 heterocycles. The van der Waals surface area contributed by atoms with Crippen molar-refractivity contribution in [1.29, 1.82) is 0 Å². The molecular weight excluding hydrogens is 387 g/mol. The number of nitrogens with one attached hydrogen (secondary N) is 1. The van der Waals surface area contributed by atoms with Crippen molar-refractivity contribution < 1.29 is 18.0 Å². The molecule has 0 radical (unpaired) electrons. The molecule has 4 nitrogen and oxygen atoms in total. The molecule has 1 aliphatic heterocycles. The molecule has 0 bridgehead atoms. The van der Waals surface area contributed by atoms with E-state index in [1.165, 1.54) is 17.8 Å². The second-order valence-electron chi connectivity index (χ2n) is 6.45. The van der Waals surface area contributed by atoms with E-state index in [0.29, 0.717) is 16.4 Å². The van der Waals surface area contributed by atoms with Crippen molar-refractivity contribution in [3.63, 3.8) is 0 Å². The number of thioether (sulfide) groups is 1. The lowest BCUT2D eigenvalue weighted by Crippen LogP contribution is -2.26. The molecule has 1 aliphatic rings. The van der Waals surface area contributed by atoms with E-state index < -0.39 is 17.0 Å². The number of aryl methyl sites for hydroxylation is 1. The van der Waals surface area contributed by atoms with Crippen molar-refractivity contribution in [3.05, 3.63) is 70.8 Å². The van der Waals surface area contributed by atoms with E-state index in [1.54, 1.807) is 6.07 Å². The van der Waals surface area contributed by atoms with Gasteiger partial charge in [-0.2, -0.15) is 18.3 Å². The Labute approximate surface area is 164 Å². The second-order valence-corrected chi connectivity index (χ2v) is 7.65. The molecule has 1 amide bonds. The molecule has 0 aromatic heterocycles. The van der Waals surface area contributed by atoms with E-state index in [9.17, 15) is 18.0 Å². The topological polar surface area (TPSA) is 53.8 Å². The van der Waals surface area contributed by atoms with E-state index in [4.69, 9.17) is 0 Å². The van der Waals surface area contributed by atoms with Crippen LogP contribution in [0, 0.1) is 6.92 Å². The third kappa shape index (κ3) is 5.01. The van der Waals surface area contributed by atoms with E-state index >= 15 is 0 Å². The number of hydrogen-bond donors (Lipinski definition) is 1. The second kappa shape index (κ2) is 8.18. The molecule has 146 valence electrons. The minimum absolute atomic E-state index is 0.181. The first-order chi connectivity index (χ1) is 13.2. The number of nitrogens with zero attached hydrogens (tertiary/aromatic N) is 2. The Bertz CT molecular complexity index is 936. The highest BCUT2D eigenvalue weighted by Crippen LogP contribution is 2.31. The third-order valence-corrected chi connectivity index (χ3v) is 5.28. The molecule has 3 rings (SSSR count). The summed E-state index contributed by atoms with van der Waals surface area (Å²) in [5, 5.41) is 10.7. The van der Waals surface area contributed by atoms with Crippen molar-refractivity contribution in [2.45, 2.75) is 31.7 Å². The van der Waals surface area contributed by atoms with Gasteiger partial charge in [-0.05, 0) is 37.5 Å². The quantitative estimate of drug-likeness (QED) is 0.599. The van der Waals surface area contributed by atoms with Crippen molar-refractivity contribution in [2.24, 2.45) is 10.2 Å². The highest BCUT2D eigenvalue weighted by atomic mass is 32.2. The van der Waals surface area contributed by atoms with Crippen molar-refractivity contribution in [2.75, 3.05) is 0 Å². The Morgan fingerprint density at radius 1 is 1.18 bits per heavy atom. The normalized spacial score (nSPS) is 19.2. The minimum atomic E-state index is -4.41. The number of alkyl halides is 3. The molecule has 8 heteroatoms. The van der Waals surface area contributed by atoms with Gasteiger partial charge >= 0.3 is 6.18 Å². The lowest BCUT2D eigenvalue weighted by Gasteiger charge is -2.10. The maximum atomic E-state index is 12.8. The van der Waals surface area contributed by atoms with Gasteiger partial charge in [0, 0.05) is 0 Å². The Kier molecular flexibility index (Phi) is 5.88. The maximum Gasteiger partial charge on any atom is 0.416 e. The van der Waals surface area contributed by atoms with Gasteiger partial charge in [-0.25, -0.2) is 0 Å². The SMILES string of the molecule is C/C(=N\N=C1\NC(=O)[C@H](Cc2cccc(C(F)(F)F)c2)S1)c1ccc(C)cc1. The predicted octanol–water partition coefficient (Wildman–Crippen LogP) is 4.57. The summed E-state index contributed by atoms with van der Waals surface area (Å²) in [6.07, 6.45) is -4.23. The van der Waals surface area contributed by atoms with E-state index in [-0.39, 0.29) is 12.3 Å². The van der Waals surface area contributed by atoms with Crippen molar-refractivity contribution in [1.82, 2.24) is 5.32 Å². The van der Waals surface area contributed by atoms with Crippen LogP contribution in [-0.4, -0.2) is 22.0 Å². The van der Waals surface area contributed by atoms with Crippen LogP contribution < -0.4 is 5.32 Å². The molecule has 0 aliphatic carbocycles. The molecule has 1 N–H and O–H groups in total. The fraction of sp³-hybridized carbons (Fsp3) is 0.250. The average Bonchev–Trinajstić information content (AvgIpc) is 2.99. The first-order valence-electron chi connectivity index (χ1n) is 8.55. The van der Waals surface area contributed by atoms with Gasteiger partial charge in [-0.1, -0.05) is 59.8 Å². The van der Waals surface area contributed by atoms with Gasteiger partial charge < -0.3 is 5.32 Å². The summed E-state index contributed by atoms with van der Waals surface area (Å²) < 4.78 is 38.5. The molecule has 1 atom stereocenters. The molecule has 1 fully saturated rings. The number of carbonyl (C=O) groups excluding carboxylic acids is 1. The average molecular weight is 405 g/mol. The van der Waals surface area contributed by atoms with E-state index in [0.717, 1.165) is 23.3 Å². The molecule has 28 heavy (non-hydrogen) atoms. The fourth-order valence-corrected chi connectivity index (χ4v) is 3.61. The molecule has 0 unspecified atom stereocenters. The molecule has 2 aromatic rings. The van der Waals surface area contributed by atoms with Crippen LogP contribution in [-0.2, 0) is 17.4 Å². The molecule has 0 saturated carbocycles. The Balaban J connectivity index is 1.69. The summed E-state index contributed by atoms with van der Waals surface area (Å²) in [4.78, 5) is 12.1. The zero-order valence-corrected chi connectivity index (χ0v) is 16.1. The Hall–Kier alpha value is -2.61. The van der Waals surface area contributed by atoms with Crippen LogP contribution in [0.5, 0.6) is 0 Å². The van der Waals surface area contributed by atoms with Gasteiger partial charge in [-0.15, -0.1) is 5.10 Å². The number of halogens is 3. The monoisotopic (exact) mass is 405 g/mol. The van der Waals surface area contributed by atoms with Gasteiger partial charge in [0.25, 0.3) is 0 Å². The molecule has 0 spiro atoms. The van der Waals surface area contributed by atoms with E-state index in [1.807, 2.05) is 38.1 Å². The maximum absolute atomic E-state index is 12.8. The summed E-state index contributed by atoms with van der Waals surface area (Å²) in [5.41, 5.74) is 2.48. The standard InChI is InChI=1S/C20H18F3N3OS/c1-12-6-8-15(9-7-12)13(2)25-26-19-24-18(27)17(28-19)11-14-4-3-5-16(10-14)20(21,22)23/h3-10,17H,11H2,1-2H3,(H,24,26,27)/b25-13+/t17-/m0/s1. The number of benzene rings is 2. The van der Waals surface area contributed by atoms with Gasteiger partial charge in [0.1, 0.15) is 0 Å². The summed E-state index contributed by atoms with van der Waals surface area (Å²) in [7, 11) is 0. The lowest BCUT2D eigenvalue weighted by molar-refractivity contribution is -0.137. The predicted molar refractivity (Wildman–Crippen MR) is 105 cm³/mol. The van der Waals surface area contributed by atoms with Gasteiger partial charge in [0.2, 0.25) is 5.91 Å². The van der Waals surface area contributed by atoms with Crippen LogP contribution in [0.1, 0.15) is 29.2 Å². The first-order valence-corrected chi connectivity index (χ1v) is 9.43. The van der Waals surface area contributed by atoms with Gasteiger partial charge in [0.05, 0.1) is 16.5 Å². The zero-order valence-electron chi connectivity index (χ0n) is 15.2. The fourth-order valence-electron chi connectivity index (χ4n) is 2.65. The van der Waals surface area contributed by atoms with Crippen LogP contribution in [0.15, 0.2) is 58.7 Å². The van der Waals surface area contributed by atoms with Crippen LogP contribution >= 0.6 is 11.8 Å². The van der Waals surface area contributed by atoms with Crippen molar-refractivity contribution in [3.8, 4) is 0 Å². The number of hydrogen-bond acceptors (Lipinski definition) is 4. The van der Waals surface area contributed by atoms with Crippen LogP contribution in [0.3, 0.4) is 0 Å². The summed E-state index contributed by atoms with van der Waals surface area (Å²) >= 11 is 1.17. The lowest BCUT2D eigenvalue weighted by atomic mass is 10.1. The molecular formula is C20H18F3N3OS. The van der Waals surface area contributed by atoms with Crippen LogP contribution in [0.2, 0.25) is 0 Å². The van der Waals surface area contributed by atoms with Crippen LogP contribution in [0.25, 0.3) is 0 Å². The van der Waals surface area contributed by atoms with Gasteiger partial charge in [-0.3, -0.25) is 4.79 Å². The van der Waals surface area contributed by atoms with Crippen LogP contribution in [0.4, 0.5) is 13.2 Å². The largest absolute Gasteiger partial charge is 0.416 e. The smallest absolute Gasteiger partial charge is 0.303 e. The summed E-state index contributed by atoms with van der Waals surface area (Å²) in [5.74, 6) is -0.288. The third-order valence-electron chi connectivity index (χ3n) is 4.21. The van der Waals surface area contributed by atoms with E-state index in [2.05, 4.69) is 15.5 Å². The van der Waals surface area contributed by atoms with Gasteiger partial charge in [0.15, 0.2) is 5.17 Å². The minimum Gasteiger partial charge on any atom is -0.303 e. The first kappa shape index (κ1) is 20.1. The number of rotatable bonds is 4. The summed E-state index contributed by atoms with van der Waals surface area (Å²) in [6.45, 7) is 3.81. The summed E-state index contributed by atoms with van der Waals surface area (Å²) in [6, 6.07) is 12.8.